The number of amides is 1. The highest BCUT2D eigenvalue weighted by atomic mass is 79.9. The Hall–Kier alpha value is -2.60. The van der Waals surface area contributed by atoms with Gasteiger partial charge in [0.15, 0.2) is 0 Å². The molecule has 0 spiro atoms. The molecule has 1 aromatic heterocycles. The van der Waals surface area contributed by atoms with Gasteiger partial charge in [-0.05, 0) is 30.3 Å². The van der Waals surface area contributed by atoms with Crippen LogP contribution >= 0.6 is 15.9 Å². The summed E-state index contributed by atoms with van der Waals surface area (Å²) >= 11 is 3.29. The molecule has 0 saturated heterocycles. The zero-order valence-corrected chi connectivity index (χ0v) is 12.8. The molecule has 5 nitrogen and oxygen atoms in total. The molecule has 1 heterocycles. The molecule has 0 aliphatic carbocycles. The van der Waals surface area contributed by atoms with E-state index in [-0.39, 0.29) is 11.4 Å². The molecule has 2 aromatic carbocycles. The molecule has 0 saturated carbocycles. The lowest BCUT2D eigenvalue weighted by atomic mass is 10.1. The number of ketones is 1. The van der Waals surface area contributed by atoms with Crippen LogP contribution in [0, 0.1) is 0 Å². The molecule has 0 aliphatic heterocycles. The van der Waals surface area contributed by atoms with Gasteiger partial charge >= 0.3 is 0 Å². The van der Waals surface area contributed by atoms with Gasteiger partial charge in [0.25, 0.3) is 11.7 Å². The monoisotopic (exact) mass is 358 g/mol. The number of aromatic nitrogens is 1. The number of para-hydroxylation sites is 1. The first-order chi connectivity index (χ1) is 10.6. The van der Waals surface area contributed by atoms with Crippen LogP contribution in [0.2, 0.25) is 0 Å². The number of aromatic amines is 1. The van der Waals surface area contributed by atoms with E-state index in [0.29, 0.717) is 16.6 Å². The van der Waals surface area contributed by atoms with Gasteiger partial charge in [-0.1, -0.05) is 34.1 Å². The van der Waals surface area contributed by atoms with Crippen molar-refractivity contribution in [2.75, 3.05) is 5.32 Å². The smallest absolute Gasteiger partial charge is 0.297 e. The highest BCUT2D eigenvalue weighted by molar-refractivity contribution is 9.10. The van der Waals surface area contributed by atoms with Gasteiger partial charge in [-0.25, -0.2) is 0 Å². The highest BCUT2D eigenvalue weighted by Gasteiger charge is 2.24. The lowest BCUT2D eigenvalue weighted by Crippen LogP contribution is -2.22. The Morgan fingerprint density at radius 2 is 1.73 bits per heavy atom. The van der Waals surface area contributed by atoms with Crippen molar-refractivity contribution in [2.45, 2.75) is 0 Å². The molecule has 0 unspecified atom stereocenters. The quantitative estimate of drug-likeness (QED) is 0.495. The number of hydrogen-bond donors (Lipinski definition) is 3. The van der Waals surface area contributed by atoms with Gasteiger partial charge in [-0.2, -0.15) is 0 Å². The average Bonchev–Trinajstić information content (AvgIpc) is 2.84. The summed E-state index contributed by atoms with van der Waals surface area (Å²) in [6.07, 6.45) is 0. The number of rotatable bonds is 3. The molecular weight excluding hydrogens is 348 g/mol. The molecule has 0 atom stereocenters. The number of H-pyrrole nitrogens is 1. The van der Waals surface area contributed by atoms with E-state index in [0.717, 1.165) is 4.47 Å². The van der Waals surface area contributed by atoms with Crippen LogP contribution in [0.15, 0.2) is 53.0 Å². The number of carbonyl (C=O) groups excluding carboxylic acids is 2. The predicted octanol–water partition coefficient (Wildman–Crippen LogP) is 3.46. The van der Waals surface area contributed by atoms with Crippen LogP contribution in [0.3, 0.4) is 0 Å². The molecule has 3 aromatic rings. The summed E-state index contributed by atoms with van der Waals surface area (Å²) in [6.45, 7) is 0. The summed E-state index contributed by atoms with van der Waals surface area (Å²) in [5.41, 5.74) is 1.07. The van der Waals surface area contributed by atoms with Crippen molar-refractivity contribution in [3.05, 3.63) is 58.6 Å². The molecule has 3 N–H and O–H groups in total. The van der Waals surface area contributed by atoms with Gasteiger partial charge < -0.3 is 15.4 Å². The number of nitrogens with one attached hydrogen (secondary N) is 2. The first-order valence-corrected chi connectivity index (χ1v) is 7.26. The maximum Gasteiger partial charge on any atom is 0.297 e. The van der Waals surface area contributed by atoms with Crippen LogP contribution in [0.5, 0.6) is 5.88 Å². The van der Waals surface area contributed by atoms with Crippen LogP contribution < -0.4 is 5.32 Å². The van der Waals surface area contributed by atoms with Crippen LogP contribution in [0.4, 0.5) is 5.69 Å². The standard InChI is InChI=1S/C16H11BrN2O3/c17-9-5-7-10(8-6-9)18-16(22)14(20)13-11-3-1-2-4-12(11)19-15(13)21/h1-8,19,21H,(H,18,22). The minimum absolute atomic E-state index is 0.0230. The van der Waals surface area contributed by atoms with E-state index in [9.17, 15) is 14.7 Å². The molecule has 0 bridgehead atoms. The molecule has 0 fully saturated rings. The Bertz CT molecular complexity index is 869. The van der Waals surface area contributed by atoms with E-state index in [1.54, 1.807) is 48.5 Å². The molecule has 0 aliphatic rings. The lowest BCUT2D eigenvalue weighted by molar-refractivity contribution is -0.112. The number of benzene rings is 2. The van der Waals surface area contributed by atoms with Crippen LogP contribution in [-0.4, -0.2) is 21.8 Å². The fourth-order valence-electron chi connectivity index (χ4n) is 2.19. The first-order valence-electron chi connectivity index (χ1n) is 6.47. The Labute approximate surface area is 134 Å². The topological polar surface area (TPSA) is 82.2 Å². The van der Waals surface area contributed by atoms with Crippen molar-refractivity contribution in [3.8, 4) is 5.88 Å². The van der Waals surface area contributed by atoms with Crippen LogP contribution in [0.1, 0.15) is 10.4 Å². The maximum absolute atomic E-state index is 12.3. The second kappa shape index (κ2) is 5.65. The SMILES string of the molecule is O=C(Nc1ccc(Br)cc1)C(=O)c1c(O)[nH]c2ccccc12. The van der Waals surface area contributed by atoms with Gasteiger partial charge in [0, 0.05) is 21.1 Å². The van der Waals surface area contributed by atoms with Gasteiger partial charge in [-0.3, -0.25) is 9.59 Å². The fraction of sp³-hybridized carbons (Fsp3) is 0. The largest absolute Gasteiger partial charge is 0.494 e. The molecule has 110 valence electrons. The second-order valence-corrected chi connectivity index (χ2v) is 5.60. The number of aromatic hydroxyl groups is 1. The van der Waals surface area contributed by atoms with E-state index in [1.807, 2.05) is 0 Å². The normalized spacial score (nSPS) is 10.6. The van der Waals surface area contributed by atoms with E-state index in [4.69, 9.17) is 0 Å². The van der Waals surface area contributed by atoms with Gasteiger partial charge in [0.05, 0.1) is 5.56 Å². The number of hydrogen-bond acceptors (Lipinski definition) is 3. The molecular formula is C16H11BrN2O3. The summed E-state index contributed by atoms with van der Waals surface area (Å²) in [5, 5.41) is 12.9. The molecule has 3 rings (SSSR count). The van der Waals surface area contributed by atoms with E-state index >= 15 is 0 Å². The number of fused-ring (bicyclic) bond motifs is 1. The van der Waals surface area contributed by atoms with E-state index < -0.39 is 11.7 Å². The van der Waals surface area contributed by atoms with E-state index in [2.05, 4.69) is 26.2 Å². The number of carbonyl (C=O) groups is 2. The van der Waals surface area contributed by atoms with Crippen molar-refractivity contribution in [1.29, 1.82) is 0 Å². The third kappa shape index (κ3) is 2.60. The van der Waals surface area contributed by atoms with Crippen LogP contribution in [0.25, 0.3) is 10.9 Å². The predicted molar refractivity (Wildman–Crippen MR) is 87.1 cm³/mol. The minimum atomic E-state index is -0.803. The molecule has 22 heavy (non-hydrogen) atoms. The number of Topliss-reactive ketones (excluding diaryl/α,β-unsaturated/α-hetero) is 1. The zero-order chi connectivity index (χ0) is 15.7. The summed E-state index contributed by atoms with van der Waals surface area (Å²) in [5.74, 6) is -1.91. The van der Waals surface area contributed by atoms with Gasteiger partial charge in [0.1, 0.15) is 0 Å². The summed E-state index contributed by atoms with van der Waals surface area (Å²) in [7, 11) is 0. The van der Waals surface area contributed by atoms with Crippen molar-refractivity contribution >= 4 is 44.2 Å². The number of anilines is 1. The van der Waals surface area contributed by atoms with Crippen LogP contribution in [-0.2, 0) is 4.79 Å². The Morgan fingerprint density at radius 1 is 1.05 bits per heavy atom. The third-order valence-corrected chi connectivity index (χ3v) is 3.75. The van der Waals surface area contributed by atoms with Gasteiger partial charge in [-0.15, -0.1) is 0 Å². The van der Waals surface area contributed by atoms with Crippen molar-refractivity contribution in [2.24, 2.45) is 0 Å². The first kappa shape index (κ1) is 14.3. The number of halogens is 1. The summed E-state index contributed by atoms with van der Waals surface area (Å²) in [4.78, 5) is 27.1. The minimum Gasteiger partial charge on any atom is -0.494 e. The molecule has 1 amide bonds. The van der Waals surface area contributed by atoms with Gasteiger partial charge in [0.2, 0.25) is 5.88 Å². The average molecular weight is 359 g/mol. The van der Waals surface area contributed by atoms with E-state index in [1.165, 1.54) is 0 Å². The zero-order valence-electron chi connectivity index (χ0n) is 11.3. The highest BCUT2D eigenvalue weighted by Crippen LogP contribution is 2.27. The summed E-state index contributed by atoms with van der Waals surface area (Å²) < 4.78 is 0.867. The lowest BCUT2D eigenvalue weighted by Gasteiger charge is -2.04. The fourth-order valence-corrected chi connectivity index (χ4v) is 2.46. The Balaban J connectivity index is 1.90. The maximum atomic E-state index is 12.3. The van der Waals surface area contributed by atoms with Crippen molar-refractivity contribution in [1.82, 2.24) is 4.98 Å². The molecule has 0 radical (unpaired) electrons. The molecule has 6 heteroatoms. The second-order valence-electron chi connectivity index (χ2n) is 4.68. The van der Waals surface area contributed by atoms with Crippen molar-refractivity contribution in [3.63, 3.8) is 0 Å². The Kier molecular flexibility index (Phi) is 3.68. The van der Waals surface area contributed by atoms with Crippen molar-refractivity contribution < 1.29 is 14.7 Å². The Morgan fingerprint density at radius 3 is 2.45 bits per heavy atom. The third-order valence-electron chi connectivity index (χ3n) is 3.22. The summed E-state index contributed by atoms with van der Waals surface area (Å²) in [6, 6.07) is 13.7.